The predicted molar refractivity (Wildman–Crippen MR) is 196 cm³/mol. The molecule has 0 saturated carbocycles. The number of quaternary nitrogens is 1. The minimum absolute atomic E-state index is 0.0532. The Labute approximate surface area is 288 Å². The lowest BCUT2D eigenvalue weighted by molar-refractivity contribution is -0.870. The molecule has 0 radical (unpaired) electrons. The summed E-state index contributed by atoms with van der Waals surface area (Å²) in [6, 6.07) is 0. The van der Waals surface area contributed by atoms with Gasteiger partial charge in [0.15, 0.2) is 0 Å². The summed E-state index contributed by atoms with van der Waals surface area (Å²) in [5.74, 6) is -0.374. The van der Waals surface area contributed by atoms with Crippen LogP contribution < -0.4 is 0 Å². The predicted octanol–water partition coefficient (Wildman–Crippen LogP) is 9.78. The number of likely N-dealkylation sites (N-methyl/N-ethyl adjacent to an activating group) is 1. The molecule has 0 amide bonds. The summed E-state index contributed by atoms with van der Waals surface area (Å²) in [7, 11) is 1.56. The number of ether oxygens (including phenoxy) is 1. The van der Waals surface area contributed by atoms with Crippen LogP contribution in [-0.2, 0) is 23.1 Å². The number of unbranched alkanes of at least 4 members (excludes halogenated alkanes) is 14. The first-order valence-electron chi connectivity index (χ1n) is 18.4. The maximum absolute atomic E-state index is 11.9. The summed E-state index contributed by atoms with van der Waals surface area (Å²) >= 11 is 0. The van der Waals surface area contributed by atoms with Crippen molar-refractivity contribution in [1.82, 2.24) is 0 Å². The lowest BCUT2D eigenvalue weighted by atomic mass is 10.0. The summed E-state index contributed by atoms with van der Waals surface area (Å²) in [5, 5.41) is 9.89. The van der Waals surface area contributed by atoms with Crippen LogP contribution in [0.4, 0.5) is 0 Å². The number of rotatable bonds is 33. The number of carbonyl (C=O) groups is 1. The summed E-state index contributed by atoms with van der Waals surface area (Å²) in [5.41, 5.74) is 0. The fourth-order valence-corrected chi connectivity index (χ4v) is 5.45. The molecule has 0 bridgehead atoms. The van der Waals surface area contributed by atoms with Gasteiger partial charge in [-0.3, -0.25) is 13.8 Å². The lowest BCUT2D eigenvalue weighted by Crippen LogP contribution is -2.37. The number of allylic oxidation sites excluding steroid dienone is 8. The van der Waals surface area contributed by atoms with Crippen LogP contribution in [0.3, 0.4) is 0 Å². The third-order valence-corrected chi connectivity index (χ3v) is 8.59. The third kappa shape index (κ3) is 37.1. The Bertz CT molecular complexity index is 895. The number of aliphatic hydroxyl groups excluding tert-OH is 1. The van der Waals surface area contributed by atoms with Gasteiger partial charge in [0, 0.05) is 6.42 Å². The van der Waals surface area contributed by atoms with Crippen LogP contribution in [0, 0.1) is 0 Å². The van der Waals surface area contributed by atoms with Gasteiger partial charge in [0.25, 0.3) is 0 Å². The van der Waals surface area contributed by atoms with Gasteiger partial charge in [-0.15, -0.1) is 0 Å². The standard InChI is InChI=1S/C38H70NO7P/c1-5-6-7-8-9-10-11-12-13-14-15-16-17-18-19-20-21-22-23-24-25-26-27-28-29-30-31-32-38(41)44-35-37(40)36-46-47(42,43)45-34-33-39(2,3)4/h6-7,9-10,12-13,15-16,37,40H,5,8,11,14,17-36H2,1-4H3/p+1/b7-6-,10-9-,13-12-,16-15-. The van der Waals surface area contributed by atoms with Crippen molar-refractivity contribution in [2.24, 2.45) is 0 Å². The Hall–Kier alpha value is -1.54. The second-order valence-electron chi connectivity index (χ2n) is 13.4. The number of phosphoric acid groups is 1. The van der Waals surface area contributed by atoms with Crippen molar-refractivity contribution in [3.05, 3.63) is 48.6 Å². The largest absolute Gasteiger partial charge is 0.472 e. The number of esters is 1. The average Bonchev–Trinajstić information content (AvgIpc) is 3.01. The quantitative estimate of drug-likeness (QED) is 0.0233. The molecule has 2 N–H and O–H groups in total. The molecule has 0 rings (SSSR count). The number of aliphatic hydroxyl groups is 1. The molecule has 0 heterocycles. The highest BCUT2D eigenvalue weighted by atomic mass is 31.2. The Morgan fingerprint density at radius 3 is 1.60 bits per heavy atom. The Kier molecular flexibility index (Phi) is 30.7. The second-order valence-corrected chi connectivity index (χ2v) is 14.9. The van der Waals surface area contributed by atoms with Gasteiger partial charge in [0.05, 0.1) is 27.7 Å². The summed E-state index contributed by atoms with van der Waals surface area (Å²) in [4.78, 5) is 21.6. The molecule has 0 saturated heterocycles. The van der Waals surface area contributed by atoms with Crippen molar-refractivity contribution in [1.29, 1.82) is 0 Å². The van der Waals surface area contributed by atoms with E-state index >= 15 is 0 Å². The highest BCUT2D eigenvalue weighted by molar-refractivity contribution is 7.47. The number of nitrogens with zero attached hydrogens (tertiary/aromatic N) is 1. The SMILES string of the molecule is CC/C=C\C/C=C\C/C=C\C/C=C\CCCCCCCCCCCCCCCCC(=O)OCC(O)COP(=O)(O)OCC[N+](C)(C)C. The average molecular weight is 685 g/mol. The molecule has 47 heavy (non-hydrogen) atoms. The highest BCUT2D eigenvalue weighted by Crippen LogP contribution is 2.43. The van der Waals surface area contributed by atoms with Crippen LogP contribution in [0.5, 0.6) is 0 Å². The number of hydrogen-bond donors (Lipinski definition) is 2. The van der Waals surface area contributed by atoms with E-state index in [1.54, 1.807) is 0 Å². The van der Waals surface area contributed by atoms with Crippen LogP contribution >= 0.6 is 7.82 Å². The van der Waals surface area contributed by atoms with Crippen LogP contribution in [0.2, 0.25) is 0 Å². The Balaban J connectivity index is 3.45. The fourth-order valence-electron chi connectivity index (χ4n) is 4.71. The number of hydrogen-bond acceptors (Lipinski definition) is 6. The molecule has 9 heteroatoms. The third-order valence-electron chi connectivity index (χ3n) is 7.60. The molecule has 2 atom stereocenters. The Morgan fingerprint density at radius 1 is 0.660 bits per heavy atom. The fraction of sp³-hybridized carbons (Fsp3) is 0.763. The molecular weight excluding hydrogens is 613 g/mol. The first kappa shape index (κ1) is 45.5. The van der Waals surface area contributed by atoms with Crippen LogP contribution in [0.15, 0.2) is 48.6 Å². The maximum atomic E-state index is 11.9. The summed E-state index contributed by atoms with van der Waals surface area (Å²) in [6.45, 7) is 2.03. The minimum Gasteiger partial charge on any atom is -0.463 e. The molecule has 0 aliphatic carbocycles. The van der Waals surface area contributed by atoms with E-state index in [2.05, 4.69) is 55.5 Å². The first-order valence-corrected chi connectivity index (χ1v) is 19.9. The van der Waals surface area contributed by atoms with Gasteiger partial charge < -0.3 is 19.2 Å². The lowest BCUT2D eigenvalue weighted by Gasteiger charge is -2.24. The van der Waals surface area contributed by atoms with Crippen LogP contribution in [0.1, 0.15) is 135 Å². The van der Waals surface area contributed by atoms with Gasteiger partial charge in [0.2, 0.25) is 0 Å². The zero-order valence-corrected chi connectivity index (χ0v) is 31.4. The van der Waals surface area contributed by atoms with E-state index in [1.807, 2.05) is 21.1 Å². The van der Waals surface area contributed by atoms with E-state index in [-0.39, 0.29) is 19.2 Å². The number of carbonyl (C=O) groups excluding carboxylic acids is 1. The molecule has 0 aromatic rings. The van der Waals surface area contributed by atoms with Crippen LogP contribution in [-0.4, -0.2) is 74.1 Å². The van der Waals surface area contributed by atoms with E-state index in [9.17, 15) is 19.4 Å². The first-order chi connectivity index (χ1) is 22.6. The van der Waals surface area contributed by atoms with Crippen molar-refractivity contribution in [2.45, 2.75) is 141 Å². The minimum atomic E-state index is -4.25. The normalized spacial score (nSPS) is 14.6. The maximum Gasteiger partial charge on any atom is 0.472 e. The second kappa shape index (κ2) is 31.7. The highest BCUT2D eigenvalue weighted by Gasteiger charge is 2.24. The molecule has 2 unspecified atom stereocenters. The van der Waals surface area contributed by atoms with Gasteiger partial charge in [-0.05, 0) is 44.9 Å². The molecule has 0 aromatic heterocycles. The molecule has 0 aliphatic rings. The topological polar surface area (TPSA) is 102 Å². The van der Waals surface area contributed by atoms with E-state index in [1.165, 1.54) is 77.0 Å². The molecule has 0 aromatic carbocycles. The zero-order chi connectivity index (χ0) is 34.9. The molecule has 0 fully saturated rings. The van der Waals surface area contributed by atoms with Crippen molar-refractivity contribution < 1.29 is 37.6 Å². The van der Waals surface area contributed by atoms with Gasteiger partial charge in [-0.1, -0.05) is 133 Å². The van der Waals surface area contributed by atoms with Crippen LogP contribution in [0.25, 0.3) is 0 Å². The van der Waals surface area contributed by atoms with E-state index < -0.39 is 20.5 Å². The summed E-state index contributed by atoms with van der Waals surface area (Å²) in [6.07, 6.45) is 39.9. The van der Waals surface area contributed by atoms with Crippen molar-refractivity contribution in [3.8, 4) is 0 Å². The van der Waals surface area contributed by atoms with Gasteiger partial charge in [-0.25, -0.2) is 4.57 Å². The number of phosphoric ester groups is 1. The molecule has 8 nitrogen and oxygen atoms in total. The van der Waals surface area contributed by atoms with Gasteiger partial charge in [-0.2, -0.15) is 0 Å². The monoisotopic (exact) mass is 684 g/mol. The smallest absolute Gasteiger partial charge is 0.463 e. The summed E-state index contributed by atoms with van der Waals surface area (Å²) < 4.78 is 27.2. The van der Waals surface area contributed by atoms with E-state index in [0.29, 0.717) is 17.4 Å². The molecule has 274 valence electrons. The molecule has 0 aliphatic heterocycles. The molecular formula is C38H71NO7P+. The van der Waals surface area contributed by atoms with Gasteiger partial charge >= 0.3 is 13.8 Å². The zero-order valence-electron chi connectivity index (χ0n) is 30.5. The Morgan fingerprint density at radius 2 is 1.11 bits per heavy atom. The molecule has 0 spiro atoms. The van der Waals surface area contributed by atoms with Crippen molar-refractivity contribution in [2.75, 3.05) is 47.5 Å². The van der Waals surface area contributed by atoms with Gasteiger partial charge in [0.1, 0.15) is 25.9 Å². The van der Waals surface area contributed by atoms with Crippen molar-refractivity contribution >= 4 is 13.8 Å². The van der Waals surface area contributed by atoms with E-state index in [4.69, 9.17) is 13.8 Å². The van der Waals surface area contributed by atoms with Crippen molar-refractivity contribution in [3.63, 3.8) is 0 Å². The van der Waals surface area contributed by atoms with E-state index in [0.717, 1.165) is 44.9 Å².